The lowest BCUT2D eigenvalue weighted by Gasteiger charge is -2.42. The molecule has 0 spiro atoms. The van der Waals surface area contributed by atoms with E-state index < -0.39 is 10.0 Å². The minimum absolute atomic E-state index is 0.0297. The lowest BCUT2D eigenvalue weighted by atomic mass is 9.82. The van der Waals surface area contributed by atoms with E-state index in [9.17, 15) is 13.2 Å². The van der Waals surface area contributed by atoms with Gasteiger partial charge in [0, 0.05) is 19.1 Å². The monoisotopic (exact) mass is 479 g/mol. The number of amides is 1. The molecular weight excluding hydrogens is 442 g/mol. The maximum atomic E-state index is 13.2. The fraction of sp³-hybridized carbons (Fsp3) is 0.708. The molecule has 5 rings (SSSR count). The van der Waals surface area contributed by atoms with Gasteiger partial charge in [-0.15, -0.1) is 0 Å². The smallest absolute Gasteiger partial charge is 0.260 e. The Balaban J connectivity index is 1.55. The second-order valence-corrected chi connectivity index (χ2v) is 11.7. The molecule has 3 aliphatic heterocycles. The molecule has 2 atom stereocenters. The summed E-state index contributed by atoms with van der Waals surface area (Å²) in [4.78, 5) is 16.9. The van der Waals surface area contributed by atoms with Crippen molar-refractivity contribution in [1.29, 1.82) is 0 Å². The van der Waals surface area contributed by atoms with Crippen LogP contribution in [0.3, 0.4) is 0 Å². The standard InChI is InChI=1S/C24H37N3O5S/c1-26(2)14-15-33(29,30)25-21-7-5-13-27-22(21)16-31-19-11-9-18(10-12-19)20-6-3-4-8-23(20)32-17-24(27)28/h3-4,6,8,18-19,21-22,25H,5,7,9-17H2,1-2H3. The Hall–Kier alpha value is -1.68. The third-order valence-electron chi connectivity index (χ3n) is 7.12. The molecule has 0 radical (unpaired) electrons. The van der Waals surface area contributed by atoms with Crippen molar-refractivity contribution >= 4 is 15.9 Å². The molecule has 33 heavy (non-hydrogen) atoms. The second kappa shape index (κ2) is 10.7. The third kappa shape index (κ3) is 6.26. The Morgan fingerprint density at radius 3 is 2.64 bits per heavy atom. The normalized spacial score (nSPS) is 28.8. The molecule has 1 saturated carbocycles. The predicted molar refractivity (Wildman–Crippen MR) is 127 cm³/mol. The summed E-state index contributed by atoms with van der Waals surface area (Å²) in [5.74, 6) is 1.10. The van der Waals surface area contributed by atoms with Crippen LogP contribution in [-0.2, 0) is 19.6 Å². The largest absolute Gasteiger partial charge is 0.483 e. The van der Waals surface area contributed by atoms with Gasteiger partial charge >= 0.3 is 0 Å². The molecule has 9 heteroatoms. The summed E-state index contributed by atoms with van der Waals surface area (Å²) in [5, 5.41) is 0. The lowest BCUT2D eigenvalue weighted by molar-refractivity contribution is -0.140. The number of rotatable bonds is 5. The molecule has 1 N–H and O–H groups in total. The Morgan fingerprint density at radius 1 is 1.12 bits per heavy atom. The van der Waals surface area contributed by atoms with Crippen LogP contribution in [0.2, 0.25) is 0 Å². The zero-order valence-electron chi connectivity index (χ0n) is 19.7. The Morgan fingerprint density at radius 2 is 1.88 bits per heavy atom. The van der Waals surface area contributed by atoms with Crippen molar-refractivity contribution in [2.45, 2.75) is 62.6 Å². The van der Waals surface area contributed by atoms with E-state index in [-0.39, 0.29) is 36.5 Å². The van der Waals surface area contributed by atoms with Gasteiger partial charge in [0.25, 0.3) is 5.91 Å². The number of fused-ring (bicyclic) bond motifs is 5. The van der Waals surface area contributed by atoms with Crippen molar-refractivity contribution in [3.8, 4) is 5.75 Å². The fourth-order valence-electron chi connectivity index (χ4n) is 5.25. The molecule has 0 aromatic heterocycles. The van der Waals surface area contributed by atoms with Crippen molar-refractivity contribution < 1.29 is 22.7 Å². The van der Waals surface area contributed by atoms with Crippen LogP contribution in [0.1, 0.15) is 50.0 Å². The predicted octanol–water partition coefficient (Wildman–Crippen LogP) is 1.96. The Bertz CT molecular complexity index is 914. The molecule has 2 fully saturated rings. The number of para-hydroxylation sites is 1. The maximum absolute atomic E-state index is 13.2. The van der Waals surface area contributed by atoms with Crippen LogP contribution in [-0.4, -0.2) is 88.5 Å². The fourth-order valence-corrected chi connectivity index (χ4v) is 6.71. The summed E-state index contributed by atoms with van der Waals surface area (Å²) < 4.78 is 40.7. The molecule has 8 nitrogen and oxygen atoms in total. The lowest BCUT2D eigenvalue weighted by Crippen LogP contribution is -2.60. The highest BCUT2D eigenvalue weighted by atomic mass is 32.2. The number of carbonyl (C=O) groups excluding carboxylic acids is 1. The van der Waals surface area contributed by atoms with Gasteiger partial charge in [-0.25, -0.2) is 13.1 Å². The van der Waals surface area contributed by atoms with Gasteiger partial charge in [0.15, 0.2) is 6.61 Å². The zero-order valence-corrected chi connectivity index (χ0v) is 20.6. The molecule has 1 aliphatic carbocycles. The Labute approximate surface area is 197 Å². The van der Waals surface area contributed by atoms with Crippen LogP contribution < -0.4 is 9.46 Å². The van der Waals surface area contributed by atoms with Gasteiger partial charge in [-0.05, 0) is 70.2 Å². The van der Waals surface area contributed by atoms with Crippen LogP contribution in [0.4, 0.5) is 0 Å². The number of hydrogen-bond donors (Lipinski definition) is 1. The maximum Gasteiger partial charge on any atom is 0.260 e. The molecule has 1 aromatic rings. The van der Waals surface area contributed by atoms with Crippen LogP contribution in [0.25, 0.3) is 0 Å². The van der Waals surface area contributed by atoms with Crippen LogP contribution in [0.15, 0.2) is 24.3 Å². The number of nitrogens with zero attached hydrogens (tertiary/aromatic N) is 2. The molecule has 1 aromatic carbocycles. The van der Waals surface area contributed by atoms with Gasteiger partial charge in [-0.3, -0.25) is 4.79 Å². The van der Waals surface area contributed by atoms with E-state index in [1.807, 2.05) is 37.2 Å². The average molecular weight is 480 g/mol. The van der Waals surface area contributed by atoms with E-state index in [2.05, 4.69) is 10.8 Å². The van der Waals surface area contributed by atoms with Crippen molar-refractivity contribution in [2.24, 2.45) is 0 Å². The first-order valence-electron chi connectivity index (χ1n) is 12.1. The summed E-state index contributed by atoms with van der Waals surface area (Å²) in [6, 6.07) is 7.33. The molecule has 184 valence electrons. The summed E-state index contributed by atoms with van der Waals surface area (Å²) in [5.41, 5.74) is 1.17. The molecule has 3 heterocycles. The van der Waals surface area contributed by atoms with Crippen molar-refractivity contribution in [3.05, 3.63) is 29.8 Å². The molecule has 1 saturated heterocycles. The quantitative estimate of drug-likeness (QED) is 0.695. The van der Waals surface area contributed by atoms with E-state index in [1.54, 1.807) is 4.90 Å². The average Bonchev–Trinajstić information content (AvgIpc) is 2.82. The number of carbonyl (C=O) groups is 1. The summed E-state index contributed by atoms with van der Waals surface area (Å²) in [6.07, 6.45) is 5.53. The first-order chi connectivity index (χ1) is 15.8. The van der Waals surface area contributed by atoms with E-state index >= 15 is 0 Å². The van der Waals surface area contributed by atoms with E-state index in [4.69, 9.17) is 9.47 Å². The van der Waals surface area contributed by atoms with Gasteiger partial charge in [0.1, 0.15) is 5.75 Å². The number of benzene rings is 1. The highest BCUT2D eigenvalue weighted by Crippen LogP contribution is 2.38. The van der Waals surface area contributed by atoms with Gasteiger partial charge in [-0.2, -0.15) is 0 Å². The zero-order chi connectivity index (χ0) is 23.4. The van der Waals surface area contributed by atoms with Gasteiger partial charge < -0.3 is 19.3 Å². The van der Waals surface area contributed by atoms with Crippen molar-refractivity contribution in [2.75, 3.05) is 46.2 Å². The Kier molecular flexibility index (Phi) is 7.94. The molecule has 4 aliphatic rings. The van der Waals surface area contributed by atoms with Crippen LogP contribution in [0.5, 0.6) is 5.75 Å². The molecule has 1 amide bonds. The minimum atomic E-state index is -3.47. The first kappa shape index (κ1) is 24.4. The van der Waals surface area contributed by atoms with E-state index in [0.717, 1.165) is 37.9 Å². The minimum Gasteiger partial charge on any atom is -0.483 e. The van der Waals surface area contributed by atoms with Crippen molar-refractivity contribution in [3.63, 3.8) is 0 Å². The summed E-state index contributed by atoms with van der Waals surface area (Å²) in [6.45, 7) is 1.32. The van der Waals surface area contributed by atoms with Gasteiger partial charge in [0.05, 0.1) is 24.5 Å². The number of sulfonamides is 1. The number of nitrogens with one attached hydrogen (secondary N) is 1. The molecule has 2 bridgehead atoms. The summed E-state index contributed by atoms with van der Waals surface area (Å²) >= 11 is 0. The number of ether oxygens (including phenoxy) is 2. The highest BCUT2D eigenvalue weighted by molar-refractivity contribution is 7.89. The topological polar surface area (TPSA) is 88.2 Å². The van der Waals surface area contributed by atoms with E-state index in [1.165, 1.54) is 5.56 Å². The second-order valence-electron chi connectivity index (χ2n) is 9.78. The highest BCUT2D eigenvalue weighted by Gasteiger charge is 2.38. The number of piperidine rings is 1. The number of hydrogen-bond acceptors (Lipinski definition) is 6. The van der Waals surface area contributed by atoms with Gasteiger partial charge in [-0.1, -0.05) is 18.2 Å². The molecule has 2 unspecified atom stereocenters. The van der Waals surface area contributed by atoms with Crippen molar-refractivity contribution in [1.82, 2.24) is 14.5 Å². The third-order valence-corrected chi connectivity index (χ3v) is 8.51. The molecular formula is C24H37N3O5S. The SMILES string of the molecule is CN(C)CCS(=O)(=O)NC1CCCN2C(=O)COc3ccccc3C3CCC(CC3)OCC12. The first-order valence-corrected chi connectivity index (χ1v) is 13.7. The summed E-state index contributed by atoms with van der Waals surface area (Å²) in [7, 11) is 0.239. The van der Waals surface area contributed by atoms with Crippen LogP contribution in [0, 0.1) is 0 Å². The van der Waals surface area contributed by atoms with E-state index in [0.29, 0.717) is 32.0 Å². The van der Waals surface area contributed by atoms with Gasteiger partial charge in [0.2, 0.25) is 10.0 Å². The van der Waals surface area contributed by atoms with Crippen LogP contribution >= 0.6 is 0 Å².